The third-order valence-electron chi connectivity index (χ3n) is 4.83. The highest BCUT2D eigenvalue weighted by molar-refractivity contribution is 7.16. The highest BCUT2D eigenvalue weighted by Gasteiger charge is 2.32. The van der Waals surface area contributed by atoms with Gasteiger partial charge in [-0.25, -0.2) is 14.8 Å². The fourth-order valence-electron chi connectivity index (χ4n) is 3.01. The Bertz CT molecular complexity index is 911. The van der Waals surface area contributed by atoms with Crippen LogP contribution in [-0.4, -0.2) is 35.0 Å². The lowest BCUT2D eigenvalue weighted by atomic mass is 9.97. The number of rotatable bonds is 6. The summed E-state index contributed by atoms with van der Waals surface area (Å²) in [6.45, 7) is 7.88. The Morgan fingerprint density at radius 3 is 2.79 bits per heavy atom. The monoisotopic (exact) mass is 403 g/mol. The van der Waals surface area contributed by atoms with Crippen molar-refractivity contribution in [3.63, 3.8) is 0 Å². The second-order valence-electron chi connectivity index (χ2n) is 6.77. The summed E-state index contributed by atoms with van der Waals surface area (Å²) in [5.41, 5.74) is 0.930. The van der Waals surface area contributed by atoms with E-state index in [1.165, 1.54) is 18.4 Å². The number of aromatic nitrogens is 2. The van der Waals surface area contributed by atoms with Crippen LogP contribution in [0.25, 0.3) is 0 Å². The molecule has 0 saturated carbocycles. The molecule has 2 aromatic rings. The molecular formula is C19H25N5O3S. The van der Waals surface area contributed by atoms with E-state index in [4.69, 9.17) is 4.74 Å². The van der Waals surface area contributed by atoms with Gasteiger partial charge in [0.05, 0.1) is 12.7 Å². The summed E-state index contributed by atoms with van der Waals surface area (Å²) in [4.78, 5) is 34.7. The van der Waals surface area contributed by atoms with E-state index in [9.17, 15) is 9.59 Å². The number of carbonyl (C=O) groups is 2. The number of anilines is 4. The molecule has 0 saturated heterocycles. The smallest absolute Gasteiger partial charge is 0.340 e. The highest BCUT2D eigenvalue weighted by atomic mass is 32.1. The van der Waals surface area contributed by atoms with E-state index in [0.29, 0.717) is 33.7 Å². The number of hydrogen-bond acceptors (Lipinski definition) is 8. The minimum atomic E-state index is -0.419. The summed E-state index contributed by atoms with van der Waals surface area (Å²) in [5, 5.41) is 9.99. The molecular weight excluding hydrogens is 378 g/mol. The molecule has 0 fully saturated rings. The van der Waals surface area contributed by atoms with Crippen molar-refractivity contribution >= 4 is 45.5 Å². The van der Waals surface area contributed by atoms with E-state index < -0.39 is 5.97 Å². The van der Waals surface area contributed by atoms with E-state index in [0.717, 1.165) is 17.7 Å². The van der Waals surface area contributed by atoms with Crippen LogP contribution in [0, 0.1) is 12.8 Å². The van der Waals surface area contributed by atoms with Gasteiger partial charge in [-0.1, -0.05) is 27.2 Å². The molecule has 0 radical (unpaired) electrons. The first-order valence-corrected chi connectivity index (χ1v) is 10.1. The first kappa shape index (κ1) is 20.1. The number of methoxy groups -OCH3 is 1. The Labute approximate surface area is 168 Å². The van der Waals surface area contributed by atoms with Crippen LogP contribution in [0.2, 0.25) is 0 Å². The van der Waals surface area contributed by atoms with Crippen molar-refractivity contribution < 1.29 is 14.3 Å². The molecule has 9 heteroatoms. The summed E-state index contributed by atoms with van der Waals surface area (Å²) in [6.07, 6.45) is 1.67. The van der Waals surface area contributed by atoms with Crippen molar-refractivity contribution in [3.05, 3.63) is 22.3 Å². The number of nitrogens with one attached hydrogen (secondary N) is 3. The number of aryl methyl sites for hydroxylation is 2. The molecule has 2 atom stereocenters. The fraction of sp³-hybridized carbons (Fsp3) is 0.474. The molecule has 8 nitrogen and oxygen atoms in total. The van der Waals surface area contributed by atoms with Gasteiger partial charge in [-0.3, -0.25) is 4.79 Å². The Kier molecular flexibility index (Phi) is 5.83. The summed E-state index contributed by atoms with van der Waals surface area (Å²) in [7, 11) is 1.35. The van der Waals surface area contributed by atoms with Gasteiger partial charge >= 0.3 is 5.97 Å². The maximum absolute atomic E-state index is 12.6. The second kappa shape index (κ2) is 8.14. The zero-order valence-corrected chi connectivity index (χ0v) is 17.5. The van der Waals surface area contributed by atoms with E-state index >= 15 is 0 Å². The quantitative estimate of drug-likeness (QED) is 0.631. The standard InChI is InChI=1S/C19H25N5O3S/c1-6-9(3)13-17(25)23-14-15(22-13)20-10(4)21-16(14)24-18-12(19(26)27-5)8-11(7-2)28-18/h8-9,13H,6-7H2,1-5H3,(H,23,25)(H2,20,21,22,24). The molecule has 28 heavy (non-hydrogen) atoms. The number of carbonyl (C=O) groups excluding carboxylic acids is 2. The van der Waals surface area contributed by atoms with Crippen LogP contribution in [0.15, 0.2) is 6.07 Å². The lowest BCUT2D eigenvalue weighted by Crippen LogP contribution is -2.43. The van der Waals surface area contributed by atoms with Gasteiger partial charge in [0, 0.05) is 4.88 Å². The van der Waals surface area contributed by atoms with Crippen LogP contribution in [0.1, 0.15) is 48.3 Å². The van der Waals surface area contributed by atoms with Crippen molar-refractivity contribution in [2.45, 2.75) is 46.6 Å². The minimum Gasteiger partial charge on any atom is -0.465 e. The predicted molar refractivity (Wildman–Crippen MR) is 111 cm³/mol. The molecule has 0 bridgehead atoms. The maximum atomic E-state index is 12.6. The third kappa shape index (κ3) is 3.80. The van der Waals surface area contributed by atoms with Gasteiger partial charge in [-0.15, -0.1) is 11.3 Å². The van der Waals surface area contributed by atoms with Gasteiger partial charge in [-0.2, -0.15) is 0 Å². The molecule has 0 spiro atoms. The van der Waals surface area contributed by atoms with Crippen LogP contribution in [-0.2, 0) is 16.0 Å². The third-order valence-corrected chi connectivity index (χ3v) is 6.02. The van der Waals surface area contributed by atoms with Crippen molar-refractivity contribution in [3.8, 4) is 0 Å². The molecule has 2 unspecified atom stereocenters. The molecule has 0 aliphatic carbocycles. The molecule has 0 aromatic carbocycles. The number of amides is 1. The van der Waals surface area contributed by atoms with Crippen molar-refractivity contribution in [2.24, 2.45) is 5.92 Å². The maximum Gasteiger partial charge on any atom is 0.340 e. The Morgan fingerprint density at radius 2 is 2.14 bits per heavy atom. The number of fused-ring (bicyclic) bond motifs is 1. The molecule has 1 aliphatic heterocycles. The lowest BCUT2D eigenvalue weighted by Gasteiger charge is -2.30. The largest absolute Gasteiger partial charge is 0.465 e. The van der Waals surface area contributed by atoms with E-state index in [1.807, 2.05) is 26.8 Å². The van der Waals surface area contributed by atoms with Crippen molar-refractivity contribution in [2.75, 3.05) is 23.1 Å². The average molecular weight is 404 g/mol. The Morgan fingerprint density at radius 1 is 1.39 bits per heavy atom. The number of hydrogen-bond donors (Lipinski definition) is 3. The number of esters is 1. The second-order valence-corrected chi connectivity index (χ2v) is 7.90. The van der Waals surface area contributed by atoms with E-state index in [-0.39, 0.29) is 17.9 Å². The van der Waals surface area contributed by atoms with Crippen LogP contribution >= 0.6 is 11.3 Å². The number of ether oxygens (including phenoxy) is 1. The van der Waals surface area contributed by atoms with E-state index in [1.54, 1.807) is 6.92 Å². The van der Waals surface area contributed by atoms with Gasteiger partial charge in [0.1, 0.15) is 22.6 Å². The zero-order chi connectivity index (χ0) is 20.4. The predicted octanol–water partition coefficient (Wildman–Crippen LogP) is 3.72. The molecule has 150 valence electrons. The normalized spacial score (nSPS) is 16.6. The average Bonchev–Trinajstić information content (AvgIpc) is 3.09. The SMILES string of the molecule is CCc1cc(C(=O)OC)c(Nc2nc(C)nc3c2NC(=O)C(C(C)CC)N3)s1. The van der Waals surface area contributed by atoms with Gasteiger partial charge in [0.2, 0.25) is 5.91 Å². The van der Waals surface area contributed by atoms with Gasteiger partial charge in [-0.05, 0) is 25.3 Å². The fourth-order valence-corrected chi connectivity index (χ4v) is 4.00. The summed E-state index contributed by atoms with van der Waals surface area (Å²) in [5.74, 6) is 1.20. The van der Waals surface area contributed by atoms with Crippen LogP contribution in [0.3, 0.4) is 0 Å². The van der Waals surface area contributed by atoms with Crippen LogP contribution < -0.4 is 16.0 Å². The Balaban J connectivity index is 2.00. The van der Waals surface area contributed by atoms with Crippen LogP contribution in [0.5, 0.6) is 0 Å². The first-order chi connectivity index (χ1) is 13.4. The summed E-state index contributed by atoms with van der Waals surface area (Å²) in [6, 6.07) is 1.47. The Hall–Kier alpha value is -2.68. The lowest BCUT2D eigenvalue weighted by molar-refractivity contribution is -0.118. The summed E-state index contributed by atoms with van der Waals surface area (Å²) < 4.78 is 4.89. The summed E-state index contributed by atoms with van der Waals surface area (Å²) >= 11 is 1.46. The first-order valence-electron chi connectivity index (χ1n) is 9.31. The van der Waals surface area contributed by atoms with Gasteiger partial charge in [0.15, 0.2) is 11.6 Å². The molecule has 3 heterocycles. The van der Waals surface area contributed by atoms with Crippen LogP contribution in [0.4, 0.5) is 22.3 Å². The van der Waals surface area contributed by atoms with Gasteiger partial charge in [0.25, 0.3) is 0 Å². The molecule has 3 rings (SSSR count). The zero-order valence-electron chi connectivity index (χ0n) is 16.7. The van der Waals surface area contributed by atoms with Crippen molar-refractivity contribution in [1.82, 2.24) is 9.97 Å². The van der Waals surface area contributed by atoms with Gasteiger partial charge < -0.3 is 20.7 Å². The molecule has 2 aromatic heterocycles. The molecule has 3 N–H and O–H groups in total. The highest BCUT2D eigenvalue weighted by Crippen LogP contribution is 2.38. The topological polar surface area (TPSA) is 105 Å². The minimum absolute atomic E-state index is 0.119. The number of thiophene rings is 1. The molecule has 1 amide bonds. The molecule has 1 aliphatic rings. The van der Waals surface area contributed by atoms with Crippen molar-refractivity contribution in [1.29, 1.82) is 0 Å². The van der Waals surface area contributed by atoms with E-state index in [2.05, 4.69) is 25.9 Å². The number of nitrogens with zero attached hydrogens (tertiary/aromatic N) is 2.